The number of aliphatic carboxylic acids is 1. The number of hydrogen-bond donors (Lipinski definition) is 1. The Balaban J connectivity index is 2.31. The van der Waals surface area contributed by atoms with Gasteiger partial charge in [-0.25, -0.2) is 0 Å². The van der Waals surface area contributed by atoms with Gasteiger partial charge in [-0.1, -0.05) is 23.7 Å². The fourth-order valence-corrected chi connectivity index (χ4v) is 2.77. The minimum absolute atomic E-state index is 0.183. The molecule has 0 fully saturated rings. The van der Waals surface area contributed by atoms with Gasteiger partial charge in [0.05, 0.1) is 17.3 Å². The van der Waals surface area contributed by atoms with Crippen molar-refractivity contribution in [3.8, 4) is 0 Å². The molecule has 0 bridgehead atoms. The van der Waals surface area contributed by atoms with Crippen molar-refractivity contribution >= 4 is 23.5 Å². The number of hydrogen-bond acceptors (Lipinski definition) is 3. The lowest BCUT2D eigenvalue weighted by molar-refractivity contribution is -0.137. The molecule has 1 aromatic carbocycles. The van der Waals surface area contributed by atoms with Crippen LogP contribution in [0.5, 0.6) is 0 Å². The number of amides is 1. The highest BCUT2D eigenvalue weighted by molar-refractivity contribution is 6.30. The van der Waals surface area contributed by atoms with Crippen molar-refractivity contribution < 1.29 is 14.7 Å². The van der Waals surface area contributed by atoms with Crippen molar-refractivity contribution in [3.63, 3.8) is 0 Å². The SMILES string of the molecule is Cc1c(C(=O)N(CC(=O)O)Cc2ccc(Cl)cc2)cnn1C(C)(C)C. The maximum absolute atomic E-state index is 12.9. The Morgan fingerprint density at radius 2 is 1.84 bits per heavy atom. The quantitative estimate of drug-likeness (QED) is 0.884. The first-order valence-electron chi connectivity index (χ1n) is 7.90. The summed E-state index contributed by atoms with van der Waals surface area (Å²) in [4.78, 5) is 25.4. The van der Waals surface area contributed by atoms with E-state index in [1.165, 1.54) is 11.1 Å². The molecule has 1 amide bonds. The zero-order valence-electron chi connectivity index (χ0n) is 14.8. The summed E-state index contributed by atoms with van der Waals surface area (Å²) in [7, 11) is 0. The first kappa shape index (κ1) is 19.0. The summed E-state index contributed by atoms with van der Waals surface area (Å²) in [6.45, 7) is 7.58. The summed E-state index contributed by atoms with van der Waals surface area (Å²) in [6.07, 6.45) is 1.50. The van der Waals surface area contributed by atoms with Crippen LogP contribution in [0.15, 0.2) is 30.5 Å². The molecular weight excluding hydrogens is 342 g/mol. The van der Waals surface area contributed by atoms with Crippen LogP contribution in [-0.2, 0) is 16.9 Å². The Kier molecular flexibility index (Phi) is 5.52. The lowest BCUT2D eigenvalue weighted by Gasteiger charge is -2.23. The van der Waals surface area contributed by atoms with E-state index in [4.69, 9.17) is 16.7 Å². The third-order valence-electron chi connectivity index (χ3n) is 3.78. The number of nitrogens with zero attached hydrogens (tertiary/aromatic N) is 3. The van der Waals surface area contributed by atoms with E-state index in [9.17, 15) is 9.59 Å². The van der Waals surface area contributed by atoms with E-state index in [-0.39, 0.29) is 24.5 Å². The Morgan fingerprint density at radius 3 is 2.32 bits per heavy atom. The maximum atomic E-state index is 12.9. The van der Waals surface area contributed by atoms with E-state index >= 15 is 0 Å². The van der Waals surface area contributed by atoms with Crippen molar-refractivity contribution in [3.05, 3.63) is 52.3 Å². The second-order valence-electron chi connectivity index (χ2n) is 6.91. The maximum Gasteiger partial charge on any atom is 0.323 e. The zero-order chi connectivity index (χ0) is 18.8. The van der Waals surface area contributed by atoms with E-state index in [1.807, 2.05) is 27.7 Å². The van der Waals surface area contributed by atoms with Crippen LogP contribution < -0.4 is 0 Å². The molecule has 0 saturated carbocycles. The Hall–Kier alpha value is -2.34. The molecule has 0 aliphatic carbocycles. The Bertz CT molecular complexity index is 776. The van der Waals surface area contributed by atoms with Gasteiger partial charge in [0.25, 0.3) is 5.91 Å². The molecule has 0 spiro atoms. The number of carboxylic acid groups (broad SMARTS) is 1. The van der Waals surface area contributed by atoms with Crippen LogP contribution in [0.1, 0.15) is 42.4 Å². The lowest BCUT2D eigenvalue weighted by Crippen LogP contribution is -2.35. The molecule has 2 rings (SSSR count). The summed E-state index contributed by atoms with van der Waals surface area (Å²) in [5.41, 5.74) is 1.66. The second kappa shape index (κ2) is 7.27. The molecule has 7 heteroatoms. The zero-order valence-corrected chi connectivity index (χ0v) is 15.5. The highest BCUT2D eigenvalue weighted by atomic mass is 35.5. The molecule has 0 radical (unpaired) electrons. The van der Waals surface area contributed by atoms with Gasteiger partial charge >= 0.3 is 5.97 Å². The van der Waals surface area contributed by atoms with Gasteiger partial charge in [-0.15, -0.1) is 0 Å². The smallest absolute Gasteiger partial charge is 0.323 e. The summed E-state index contributed by atoms with van der Waals surface area (Å²) in [6, 6.07) is 6.97. The molecule has 1 aromatic heterocycles. The third kappa shape index (κ3) is 4.60. The van der Waals surface area contributed by atoms with Crippen LogP contribution in [0, 0.1) is 6.92 Å². The molecule has 1 N–H and O–H groups in total. The first-order valence-corrected chi connectivity index (χ1v) is 8.28. The molecule has 0 aliphatic heterocycles. The van der Waals surface area contributed by atoms with E-state index in [0.29, 0.717) is 16.3 Å². The van der Waals surface area contributed by atoms with Crippen LogP contribution in [0.4, 0.5) is 0 Å². The van der Waals surface area contributed by atoms with Crippen molar-refractivity contribution in [1.82, 2.24) is 14.7 Å². The molecule has 0 aliphatic rings. The molecular formula is C18H22ClN3O3. The molecule has 134 valence electrons. The number of halogens is 1. The minimum atomic E-state index is -1.07. The largest absolute Gasteiger partial charge is 0.480 e. The number of rotatable bonds is 5. The Labute approximate surface area is 152 Å². The standard InChI is InChI=1S/C18H22ClN3O3/c1-12-15(9-20-22(12)18(2,3)4)17(25)21(11-16(23)24)10-13-5-7-14(19)8-6-13/h5-9H,10-11H2,1-4H3,(H,23,24). The monoisotopic (exact) mass is 363 g/mol. The topological polar surface area (TPSA) is 75.4 Å². The van der Waals surface area contributed by atoms with Crippen LogP contribution in [0.3, 0.4) is 0 Å². The highest BCUT2D eigenvalue weighted by Gasteiger charge is 2.26. The van der Waals surface area contributed by atoms with Gasteiger partial charge in [-0.2, -0.15) is 5.10 Å². The van der Waals surface area contributed by atoms with Gasteiger partial charge < -0.3 is 10.0 Å². The van der Waals surface area contributed by atoms with Gasteiger partial charge in [-0.3, -0.25) is 14.3 Å². The third-order valence-corrected chi connectivity index (χ3v) is 4.03. The average molecular weight is 364 g/mol. The van der Waals surface area contributed by atoms with Gasteiger partial charge in [-0.05, 0) is 45.4 Å². The average Bonchev–Trinajstić information content (AvgIpc) is 2.89. The van der Waals surface area contributed by atoms with Gasteiger partial charge in [0.2, 0.25) is 0 Å². The van der Waals surface area contributed by atoms with Crippen molar-refractivity contribution in [2.24, 2.45) is 0 Å². The number of aromatic nitrogens is 2. The fourth-order valence-electron chi connectivity index (χ4n) is 2.64. The second-order valence-corrected chi connectivity index (χ2v) is 7.34. The summed E-state index contributed by atoms with van der Waals surface area (Å²) >= 11 is 5.87. The lowest BCUT2D eigenvalue weighted by atomic mass is 10.1. The molecule has 2 aromatic rings. The van der Waals surface area contributed by atoms with Crippen LogP contribution in [0.25, 0.3) is 0 Å². The van der Waals surface area contributed by atoms with Gasteiger partial charge in [0, 0.05) is 17.3 Å². The van der Waals surface area contributed by atoms with Crippen LogP contribution >= 0.6 is 11.6 Å². The van der Waals surface area contributed by atoms with Crippen LogP contribution in [0.2, 0.25) is 5.02 Å². The molecule has 0 atom stereocenters. The van der Waals surface area contributed by atoms with Crippen molar-refractivity contribution in [1.29, 1.82) is 0 Å². The van der Waals surface area contributed by atoms with E-state index in [2.05, 4.69) is 5.10 Å². The van der Waals surface area contributed by atoms with Crippen molar-refractivity contribution in [2.45, 2.75) is 39.8 Å². The first-order chi connectivity index (χ1) is 11.6. The summed E-state index contributed by atoms with van der Waals surface area (Å²) in [5.74, 6) is -1.42. The molecule has 0 unspecified atom stereocenters. The normalized spacial score (nSPS) is 11.4. The number of benzene rings is 1. The van der Waals surface area contributed by atoms with Crippen molar-refractivity contribution in [2.75, 3.05) is 6.54 Å². The fraction of sp³-hybridized carbons (Fsp3) is 0.389. The van der Waals surface area contributed by atoms with Gasteiger partial charge in [0.1, 0.15) is 6.54 Å². The predicted molar refractivity (Wildman–Crippen MR) is 95.8 cm³/mol. The number of carbonyl (C=O) groups excluding carboxylic acids is 1. The molecule has 6 nitrogen and oxygen atoms in total. The molecule has 1 heterocycles. The van der Waals surface area contributed by atoms with E-state index in [0.717, 1.165) is 5.56 Å². The van der Waals surface area contributed by atoms with Gasteiger partial charge in [0.15, 0.2) is 0 Å². The highest BCUT2D eigenvalue weighted by Crippen LogP contribution is 2.20. The minimum Gasteiger partial charge on any atom is -0.480 e. The Morgan fingerprint density at radius 1 is 1.24 bits per heavy atom. The van der Waals surface area contributed by atoms with E-state index < -0.39 is 5.97 Å². The van der Waals surface area contributed by atoms with E-state index in [1.54, 1.807) is 28.9 Å². The molecule has 0 saturated heterocycles. The molecule has 25 heavy (non-hydrogen) atoms. The number of carboxylic acids is 1. The summed E-state index contributed by atoms with van der Waals surface area (Å²) < 4.78 is 1.77. The van der Waals surface area contributed by atoms with Crippen LogP contribution in [-0.4, -0.2) is 38.2 Å². The number of carbonyl (C=O) groups is 2. The predicted octanol–water partition coefficient (Wildman–Crippen LogP) is 3.33. The summed E-state index contributed by atoms with van der Waals surface area (Å²) in [5, 5.41) is 14.0.